The largest absolute Gasteiger partial charge is 0.0954 e. The molecule has 0 aliphatic rings. The molecule has 0 heterocycles. The fourth-order valence-electron chi connectivity index (χ4n) is 2.18. The second-order valence-corrected chi connectivity index (χ2v) is 16.0. The van der Waals surface area contributed by atoms with Crippen LogP contribution in [0.1, 0.15) is 31.9 Å². The molecule has 0 N–H and O–H groups in total. The van der Waals surface area contributed by atoms with Crippen LogP contribution < -0.4 is 0 Å². The Bertz CT molecular complexity index is 862. The molecule has 0 radical (unpaired) electrons. The van der Waals surface area contributed by atoms with Gasteiger partial charge in [0.1, 0.15) is 0 Å². The summed E-state index contributed by atoms with van der Waals surface area (Å²) in [6.07, 6.45) is 0. The molecule has 0 atom stereocenters. The van der Waals surface area contributed by atoms with Gasteiger partial charge < -0.3 is 0 Å². The van der Waals surface area contributed by atoms with E-state index in [-0.39, 0.29) is 5.04 Å². The van der Waals surface area contributed by atoms with Crippen molar-refractivity contribution in [3.8, 4) is 11.8 Å². The van der Waals surface area contributed by atoms with E-state index in [1.807, 2.05) is 36.4 Å². The zero-order valence-corrected chi connectivity index (χ0v) is 20.4. The highest BCUT2D eigenvalue weighted by Crippen LogP contribution is 2.45. The van der Waals surface area contributed by atoms with Gasteiger partial charge in [-0.15, -0.1) is 0 Å². The maximum absolute atomic E-state index is 6.09. The van der Waals surface area contributed by atoms with Crippen LogP contribution in [0, 0.1) is 11.8 Å². The number of allylic oxidation sites excluding steroid dienone is 1. The van der Waals surface area contributed by atoms with Crippen molar-refractivity contribution in [3.05, 3.63) is 72.9 Å². The summed E-state index contributed by atoms with van der Waals surface area (Å²) in [6.45, 7) is 11.8. The quantitative estimate of drug-likeness (QED) is 0.216. The molecule has 26 heavy (non-hydrogen) atoms. The van der Waals surface area contributed by atoms with Crippen LogP contribution in [0.25, 0.3) is 5.57 Å². The molecule has 2 aromatic carbocycles. The van der Waals surface area contributed by atoms with Gasteiger partial charge in [-0.1, -0.05) is 104 Å². The third-order valence-corrected chi connectivity index (χ3v) is 15.1. The Labute approximate surface area is 182 Å². The lowest BCUT2D eigenvalue weighted by Gasteiger charge is -2.37. The van der Waals surface area contributed by atoms with Crippen LogP contribution in [-0.2, 0) is 0 Å². The average Bonchev–Trinajstić information content (AvgIpc) is 2.57. The summed E-state index contributed by atoms with van der Waals surface area (Å²) in [5, 5.41) is 1.70. The molecular formula is C22H23Cl2ISi. The molecule has 0 saturated heterocycles. The standard InChI is InChI=1S/C22H23Cl2ISi/c1-22(2,3)26(4,5)21(25)20(17-9-13-19(24)14-10-17)15-8-16-6-11-18(23)12-7-16/h6-7,9-14H,1-5H3/b21-20-. The number of hydrogen-bond acceptors (Lipinski definition) is 0. The Morgan fingerprint density at radius 1 is 0.885 bits per heavy atom. The Kier molecular flexibility index (Phi) is 7.07. The number of benzene rings is 2. The van der Waals surface area contributed by atoms with Crippen molar-refractivity contribution in [2.75, 3.05) is 0 Å². The molecule has 136 valence electrons. The molecule has 0 bridgehead atoms. The average molecular weight is 513 g/mol. The first-order chi connectivity index (χ1) is 12.0. The second kappa shape index (κ2) is 8.52. The molecule has 2 aromatic rings. The van der Waals surface area contributed by atoms with Crippen LogP contribution in [0.5, 0.6) is 0 Å². The van der Waals surface area contributed by atoms with Gasteiger partial charge in [-0.25, -0.2) is 0 Å². The molecular weight excluding hydrogens is 490 g/mol. The highest BCUT2D eigenvalue weighted by molar-refractivity contribution is 14.1. The molecule has 0 nitrogen and oxygen atoms in total. The summed E-state index contributed by atoms with van der Waals surface area (Å²) in [7, 11) is -1.71. The van der Waals surface area contributed by atoms with Gasteiger partial charge >= 0.3 is 0 Å². The van der Waals surface area contributed by atoms with Crippen molar-refractivity contribution in [2.24, 2.45) is 0 Å². The van der Waals surface area contributed by atoms with Crippen molar-refractivity contribution >= 4 is 59.4 Å². The lowest BCUT2D eigenvalue weighted by atomic mass is 10.1. The van der Waals surface area contributed by atoms with Crippen molar-refractivity contribution in [2.45, 2.75) is 38.9 Å². The van der Waals surface area contributed by atoms with Crippen molar-refractivity contribution < 1.29 is 0 Å². The van der Waals surface area contributed by atoms with Crippen LogP contribution in [0.2, 0.25) is 28.2 Å². The summed E-state index contributed by atoms with van der Waals surface area (Å²) in [5.41, 5.74) is 3.18. The van der Waals surface area contributed by atoms with E-state index in [9.17, 15) is 0 Å². The fourth-order valence-corrected chi connectivity index (χ4v) is 6.80. The number of halogens is 3. The van der Waals surface area contributed by atoms with E-state index in [4.69, 9.17) is 23.2 Å². The zero-order chi connectivity index (χ0) is 19.5. The lowest BCUT2D eigenvalue weighted by Crippen LogP contribution is -2.38. The number of hydrogen-bond donors (Lipinski definition) is 0. The SMILES string of the molecule is CC(C)(C)[Si](C)(C)/C(I)=C(/C#Cc1ccc(Cl)cc1)c1ccc(Cl)cc1. The first kappa shape index (κ1) is 21.6. The molecule has 0 amide bonds. The first-order valence-corrected chi connectivity index (χ1v) is 13.3. The van der Waals surface area contributed by atoms with E-state index in [1.165, 1.54) is 3.20 Å². The summed E-state index contributed by atoms with van der Waals surface area (Å²) < 4.78 is 1.38. The molecule has 0 unspecified atom stereocenters. The molecule has 0 aromatic heterocycles. The maximum Gasteiger partial charge on any atom is 0.0954 e. The van der Waals surface area contributed by atoms with E-state index in [0.29, 0.717) is 0 Å². The molecule has 2 rings (SSSR count). The van der Waals surface area contributed by atoms with Gasteiger partial charge in [0.25, 0.3) is 0 Å². The normalized spacial score (nSPS) is 12.9. The predicted octanol–water partition coefficient (Wildman–Crippen LogP) is 8.24. The highest BCUT2D eigenvalue weighted by atomic mass is 127. The molecule has 0 aliphatic heterocycles. The lowest BCUT2D eigenvalue weighted by molar-refractivity contribution is 0.728. The summed E-state index contributed by atoms with van der Waals surface area (Å²) in [4.78, 5) is 0. The van der Waals surface area contributed by atoms with Crippen LogP contribution in [0.15, 0.2) is 51.7 Å². The molecule has 0 spiro atoms. The zero-order valence-electron chi connectivity index (χ0n) is 15.8. The van der Waals surface area contributed by atoms with Gasteiger partial charge in [-0.2, -0.15) is 0 Å². The Morgan fingerprint density at radius 3 is 1.81 bits per heavy atom. The third kappa shape index (κ3) is 5.16. The van der Waals surface area contributed by atoms with Crippen molar-refractivity contribution in [1.29, 1.82) is 0 Å². The van der Waals surface area contributed by atoms with Crippen molar-refractivity contribution in [3.63, 3.8) is 0 Å². The van der Waals surface area contributed by atoms with Gasteiger partial charge in [-0.05, 0) is 50.2 Å². The second-order valence-electron chi connectivity index (χ2n) is 7.83. The highest BCUT2D eigenvalue weighted by Gasteiger charge is 2.39. The van der Waals surface area contributed by atoms with Crippen molar-refractivity contribution in [1.82, 2.24) is 0 Å². The molecule has 4 heteroatoms. The van der Waals surface area contributed by atoms with E-state index in [1.54, 1.807) is 0 Å². The van der Waals surface area contributed by atoms with Gasteiger partial charge in [0.05, 0.1) is 8.07 Å². The molecule has 0 saturated carbocycles. The van der Waals surface area contributed by atoms with Gasteiger partial charge in [0.2, 0.25) is 0 Å². The Balaban J connectivity index is 2.62. The van der Waals surface area contributed by atoms with Gasteiger partial charge in [0.15, 0.2) is 0 Å². The minimum Gasteiger partial charge on any atom is -0.0843 e. The van der Waals surface area contributed by atoms with Gasteiger partial charge in [-0.3, -0.25) is 0 Å². The van der Waals surface area contributed by atoms with Crippen LogP contribution in [-0.4, -0.2) is 8.07 Å². The Hall–Kier alpha value is -0.733. The smallest absolute Gasteiger partial charge is 0.0843 e. The summed E-state index contributed by atoms with van der Waals surface area (Å²) in [6, 6.07) is 15.6. The molecule has 0 aliphatic carbocycles. The maximum atomic E-state index is 6.09. The third-order valence-electron chi connectivity index (χ3n) is 4.95. The van der Waals surface area contributed by atoms with E-state index < -0.39 is 8.07 Å². The van der Waals surface area contributed by atoms with E-state index >= 15 is 0 Å². The monoisotopic (exact) mass is 512 g/mol. The first-order valence-electron chi connectivity index (χ1n) is 8.46. The minimum atomic E-state index is -1.71. The van der Waals surface area contributed by atoms with Crippen LogP contribution in [0.3, 0.4) is 0 Å². The summed E-state index contributed by atoms with van der Waals surface area (Å²) in [5.74, 6) is 6.75. The predicted molar refractivity (Wildman–Crippen MR) is 128 cm³/mol. The summed E-state index contributed by atoms with van der Waals surface area (Å²) >= 11 is 14.6. The van der Waals surface area contributed by atoms with E-state index in [0.717, 1.165) is 26.7 Å². The van der Waals surface area contributed by atoms with Gasteiger partial charge in [0, 0.05) is 21.2 Å². The Morgan fingerprint density at radius 2 is 1.35 bits per heavy atom. The topological polar surface area (TPSA) is 0 Å². The number of rotatable bonds is 2. The minimum absolute atomic E-state index is 0.239. The molecule has 0 fully saturated rings. The van der Waals surface area contributed by atoms with E-state index in [2.05, 4.69) is 80.4 Å². The van der Waals surface area contributed by atoms with Crippen LogP contribution >= 0.6 is 45.8 Å². The van der Waals surface area contributed by atoms with Crippen LogP contribution in [0.4, 0.5) is 0 Å². The fraction of sp³-hybridized carbons (Fsp3) is 0.273.